The zero-order chi connectivity index (χ0) is 16.7. The molecule has 126 valence electrons. The van der Waals surface area contributed by atoms with E-state index in [-0.39, 0.29) is 11.6 Å². The second-order valence-electron chi connectivity index (χ2n) is 6.50. The zero-order valence-corrected chi connectivity index (χ0v) is 13.9. The molecule has 2 saturated heterocycles. The van der Waals surface area contributed by atoms with Crippen molar-refractivity contribution < 1.29 is 4.79 Å². The molecule has 4 heterocycles. The fourth-order valence-electron chi connectivity index (χ4n) is 3.69. The summed E-state index contributed by atoms with van der Waals surface area (Å²) in [7, 11) is 1.68. The third-order valence-electron chi connectivity index (χ3n) is 4.96. The Labute approximate surface area is 139 Å². The summed E-state index contributed by atoms with van der Waals surface area (Å²) >= 11 is 0. The van der Waals surface area contributed by atoms with Gasteiger partial charge in [0.1, 0.15) is 5.65 Å². The minimum Gasteiger partial charge on any atom is -0.371 e. The summed E-state index contributed by atoms with van der Waals surface area (Å²) in [6.07, 6.45) is 6.60. The molecule has 7 heteroatoms. The second-order valence-corrected chi connectivity index (χ2v) is 6.50. The number of carbonyl (C=O) groups is 1. The van der Waals surface area contributed by atoms with Gasteiger partial charge >= 0.3 is 5.69 Å². The smallest absolute Gasteiger partial charge is 0.350 e. The Hall–Kier alpha value is -2.44. The van der Waals surface area contributed by atoms with Crippen molar-refractivity contribution in [1.82, 2.24) is 14.5 Å². The summed E-state index contributed by atoms with van der Waals surface area (Å²) < 4.78 is 1.47. The molecule has 1 amide bonds. The molecule has 0 bridgehead atoms. The van der Waals surface area contributed by atoms with Crippen LogP contribution in [0.5, 0.6) is 0 Å². The molecule has 0 spiro atoms. The van der Waals surface area contributed by atoms with E-state index in [2.05, 4.69) is 14.9 Å². The molecule has 0 aromatic carbocycles. The SMILES string of the molecule is Cn1c(=O)nc(N2CCCC2=O)c2c(N3CCCCC3)ccnc21. The van der Waals surface area contributed by atoms with E-state index in [0.29, 0.717) is 24.4 Å². The lowest BCUT2D eigenvalue weighted by atomic mass is 10.1. The van der Waals surface area contributed by atoms with Gasteiger partial charge in [-0.1, -0.05) is 0 Å². The van der Waals surface area contributed by atoms with Crippen LogP contribution in [0.4, 0.5) is 11.5 Å². The van der Waals surface area contributed by atoms with Gasteiger partial charge in [-0.05, 0) is 31.7 Å². The molecule has 2 aromatic rings. The Morgan fingerprint density at radius 1 is 1.04 bits per heavy atom. The number of amides is 1. The van der Waals surface area contributed by atoms with Crippen molar-refractivity contribution in [2.45, 2.75) is 32.1 Å². The maximum absolute atomic E-state index is 12.3. The topological polar surface area (TPSA) is 71.3 Å². The number of pyridine rings is 1. The number of hydrogen-bond acceptors (Lipinski definition) is 5. The van der Waals surface area contributed by atoms with Gasteiger partial charge in [0.15, 0.2) is 5.82 Å². The van der Waals surface area contributed by atoms with E-state index < -0.39 is 0 Å². The lowest BCUT2D eigenvalue weighted by molar-refractivity contribution is -0.117. The van der Waals surface area contributed by atoms with Crippen LogP contribution >= 0.6 is 0 Å². The second kappa shape index (κ2) is 5.89. The molecule has 0 saturated carbocycles. The van der Waals surface area contributed by atoms with Gasteiger partial charge < -0.3 is 4.90 Å². The van der Waals surface area contributed by atoms with Crippen molar-refractivity contribution in [1.29, 1.82) is 0 Å². The average molecular weight is 327 g/mol. The number of hydrogen-bond donors (Lipinski definition) is 0. The van der Waals surface area contributed by atoms with Crippen LogP contribution in [0.2, 0.25) is 0 Å². The number of aryl methyl sites for hydroxylation is 1. The van der Waals surface area contributed by atoms with E-state index in [4.69, 9.17) is 0 Å². The van der Waals surface area contributed by atoms with Crippen LogP contribution in [0, 0.1) is 0 Å². The van der Waals surface area contributed by atoms with Gasteiger partial charge in [-0.15, -0.1) is 0 Å². The molecule has 4 rings (SSSR count). The molecular weight excluding hydrogens is 306 g/mol. The molecule has 0 atom stereocenters. The number of aromatic nitrogens is 3. The lowest BCUT2D eigenvalue weighted by Gasteiger charge is -2.30. The molecule has 0 aliphatic carbocycles. The highest BCUT2D eigenvalue weighted by Crippen LogP contribution is 2.34. The standard InChI is InChI=1S/C17H21N5O2/c1-20-15-14(12(7-8-18-15)21-9-3-2-4-10-21)16(19-17(20)24)22-11-5-6-13(22)23/h7-8H,2-6,9-11H2,1H3. The number of nitrogens with zero attached hydrogens (tertiary/aromatic N) is 5. The molecule has 2 fully saturated rings. The number of piperidine rings is 1. The van der Waals surface area contributed by atoms with Gasteiger partial charge in [-0.25, -0.2) is 9.78 Å². The Bertz CT molecular complexity index is 854. The van der Waals surface area contributed by atoms with E-state index in [9.17, 15) is 9.59 Å². The Kier molecular flexibility index (Phi) is 3.70. The fraction of sp³-hybridized carbons (Fsp3) is 0.529. The quantitative estimate of drug-likeness (QED) is 0.835. The monoisotopic (exact) mass is 327 g/mol. The van der Waals surface area contributed by atoms with Crippen LogP contribution in [0.1, 0.15) is 32.1 Å². The predicted molar refractivity (Wildman–Crippen MR) is 92.4 cm³/mol. The van der Waals surface area contributed by atoms with Crippen molar-refractivity contribution in [3.8, 4) is 0 Å². The molecule has 0 unspecified atom stereocenters. The highest BCUT2D eigenvalue weighted by atomic mass is 16.2. The highest BCUT2D eigenvalue weighted by Gasteiger charge is 2.28. The van der Waals surface area contributed by atoms with Gasteiger partial charge in [-0.3, -0.25) is 14.3 Å². The Morgan fingerprint density at radius 3 is 2.54 bits per heavy atom. The molecule has 7 nitrogen and oxygen atoms in total. The van der Waals surface area contributed by atoms with Crippen LogP contribution in [0.25, 0.3) is 11.0 Å². The predicted octanol–water partition coefficient (Wildman–Crippen LogP) is 1.45. The molecule has 0 N–H and O–H groups in total. The lowest BCUT2D eigenvalue weighted by Crippen LogP contribution is -2.33. The fourth-order valence-corrected chi connectivity index (χ4v) is 3.69. The summed E-state index contributed by atoms with van der Waals surface area (Å²) in [4.78, 5) is 37.1. The largest absolute Gasteiger partial charge is 0.371 e. The summed E-state index contributed by atoms with van der Waals surface area (Å²) in [6.45, 7) is 2.58. The van der Waals surface area contributed by atoms with Crippen LogP contribution in [-0.2, 0) is 11.8 Å². The normalized spacial score (nSPS) is 18.6. The summed E-state index contributed by atoms with van der Waals surface area (Å²) in [5, 5.41) is 0.816. The number of fused-ring (bicyclic) bond motifs is 1. The molecular formula is C17H21N5O2. The van der Waals surface area contributed by atoms with E-state index in [1.807, 2.05) is 6.07 Å². The summed E-state index contributed by atoms with van der Waals surface area (Å²) in [5.41, 5.74) is 1.24. The van der Waals surface area contributed by atoms with Crippen molar-refractivity contribution in [3.05, 3.63) is 22.7 Å². The third kappa shape index (κ3) is 2.35. The van der Waals surface area contributed by atoms with Crippen LogP contribution in [-0.4, -0.2) is 40.1 Å². The molecule has 2 aliphatic rings. The first kappa shape index (κ1) is 15.1. The van der Waals surface area contributed by atoms with Gasteiger partial charge in [0.25, 0.3) is 0 Å². The summed E-state index contributed by atoms with van der Waals surface area (Å²) in [6, 6.07) is 1.98. The number of carbonyl (C=O) groups excluding carboxylic acids is 1. The molecule has 2 aliphatic heterocycles. The molecule has 0 radical (unpaired) electrons. The van der Waals surface area contributed by atoms with E-state index in [0.717, 1.165) is 43.4 Å². The van der Waals surface area contributed by atoms with Gasteiger partial charge in [0.2, 0.25) is 5.91 Å². The van der Waals surface area contributed by atoms with Gasteiger partial charge in [0, 0.05) is 39.3 Å². The maximum Gasteiger partial charge on any atom is 0.350 e. The Morgan fingerprint density at radius 2 is 1.83 bits per heavy atom. The van der Waals surface area contributed by atoms with Crippen molar-refractivity contribution >= 4 is 28.4 Å². The molecule has 24 heavy (non-hydrogen) atoms. The van der Waals surface area contributed by atoms with E-state index >= 15 is 0 Å². The minimum atomic E-state index is -0.375. The Balaban J connectivity index is 1.98. The van der Waals surface area contributed by atoms with E-state index in [1.165, 1.54) is 11.0 Å². The van der Waals surface area contributed by atoms with Crippen LogP contribution in [0.3, 0.4) is 0 Å². The first-order chi connectivity index (χ1) is 11.7. The van der Waals surface area contributed by atoms with Gasteiger partial charge in [0.05, 0.1) is 11.1 Å². The van der Waals surface area contributed by atoms with Crippen LogP contribution in [0.15, 0.2) is 17.1 Å². The molecule has 2 aromatic heterocycles. The third-order valence-corrected chi connectivity index (χ3v) is 4.96. The summed E-state index contributed by atoms with van der Waals surface area (Å²) in [5.74, 6) is 0.509. The minimum absolute atomic E-state index is 0.0329. The number of rotatable bonds is 2. The van der Waals surface area contributed by atoms with Crippen molar-refractivity contribution in [2.24, 2.45) is 7.05 Å². The van der Waals surface area contributed by atoms with Gasteiger partial charge in [-0.2, -0.15) is 4.98 Å². The van der Waals surface area contributed by atoms with Crippen molar-refractivity contribution in [2.75, 3.05) is 29.4 Å². The average Bonchev–Trinajstić information content (AvgIpc) is 3.04. The zero-order valence-electron chi connectivity index (χ0n) is 13.9. The first-order valence-electron chi connectivity index (χ1n) is 8.58. The number of anilines is 2. The highest BCUT2D eigenvalue weighted by molar-refractivity contribution is 6.06. The maximum atomic E-state index is 12.3. The van der Waals surface area contributed by atoms with Crippen molar-refractivity contribution in [3.63, 3.8) is 0 Å². The van der Waals surface area contributed by atoms with Crippen LogP contribution < -0.4 is 15.5 Å². The first-order valence-corrected chi connectivity index (χ1v) is 8.58. The van der Waals surface area contributed by atoms with E-state index in [1.54, 1.807) is 18.1 Å².